The maximum absolute atomic E-state index is 6.13. The molecule has 0 aromatic heterocycles. The molecule has 0 aromatic carbocycles. The Bertz CT molecular complexity index is 157. The summed E-state index contributed by atoms with van der Waals surface area (Å²) in [5.41, 5.74) is -0.195. The summed E-state index contributed by atoms with van der Waals surface area (Å²) in [5.74, 6) is 0. The van der Waals surface area contributed by atoms with Crippen LogP contribution in [0.15, 0.2) is 0 Å². The molecule has 2 heteroatoms. The number of hydrogen-bond donors (Lipinski definition) is 0. The smallest absolute Gasteiger partial charge is 0.113 e. The molecular formula is C8H15ClO. The van der Waals surface area contributed by atoms with Gasteiger partial charge in [-0.1, -0.05) is 0 Å². The number of halogens is 1. The van der Waals surface area contributed by atoms with E-state index in [2.05, 4.69) is 20.8 Å². The van der Waals surface area contributed by atoms with E-state index >= 15 is 0 Å². The van der Waals surface area contributed by atoms with Crippen LogP contribution in [0.5, 0.6) is 0 Å². The van der Waals surface area contributed by atoms with Crippen LogP contribution in [0.3, 0.4) is 0 Å². The van der Waals surface area contributed by atoms with E-state index in [4.69, 9.17) is 16.3 Å². The van der Waals surface area contributed by atoms with Crippen LogP contribution in [-0.4, -0.2) is 16.1 Å². The third kappa shape index (κ3) is 0.876. The maximum atomic E-state index is 6.13. The van der Waals surface area contributed by atoms with Crippen molar-refractivity contribution in [2.24, 2.45) is 0 Å². The van der Waals surface area contributed by atoms with Crippen molar-refractivity contribution in [2.45, 2.75) is 50.7 Å². The first-order valence-corrected chi connectivity index (χ1v) is 3.98. The summed E-state index contributed by atoms with van der Waals surface area (Å²) in [5, 5.41) is 0. The fourth-order valence-electron chi connectivity index (χ4n) is 1.32. The van der Waals surface area contributed by atoms with Crippen molar-refractivity contribution in [3.8, 4) is 0 Å². The van der Waals surface area contributed by atoms with Gasteiger partial charge in [0.2, 0.25) is 0 Å². The molecule has 10 heavy (non-hydrogen) atoms. The van der Waals surface area contributed by atoms with Gasteiger partial charge in [-0.3, -0.25) is 0 Å². The Labute approximate surface area is 67.7 Å². The lowest BCUT2D eigenvalue weighted by Crippen LogP contribution is -2.36. The van der Waals surface area contributed by atoms with Gasteiger partial charge in [-0.25, -0.2) is 0 Å². The maximum Gasteiger partial charge on any atom is 0.113 e. The molecule has 1 rings (SSSR count). The minimum Gasteiger partial charge on any atom is -0.362 e. The van der Waals surface area contributed by atoms with Gasteiger partial charge in [0.15, 0.2) is 0 Å². The van der Waals surface area contributed by atoms with Crippen molar-refractivity contribution in [3.63, 3.8) is 0 Å². The first-order valence-electron chi connectivity index (χ1n) is 3.60. The molecule has 60 valence electrons. The van der Waals surface area contributed by atoms with E-state index in [9.17, 15) is 0 Å². The van der Waals surface area contributed by atoms with E-state index in [0.29, 0.717) is 0 Å². The van der Waals surface area contributed by atoms with Gasteiger partial charge in [-0.05, 0) is 34.6 Å². The van der Waals surface area contributed by atoms with Gasteiger partial charge < -0.3 is 4.74 Å². The Balaban J connectivity index is 2.78. The zero-order valence-corrected chi connectivity index (χ0v) is 8.04. The molecule has 0 spiro atoms. The largest absolute Gasteiger partial charge is 0.362 e. The van der Waals surface area contributed by atoms with Crippen molar-refractivity contribution in [3.05, 3.63) is 0 Å². The summed E-state index contributed by atoms with van der Waals surface area (Å²) < 4.78 is 5.52. The molecule has 0 aromatic rings. The monoisotopic (exact) mass is 162 g/mol. The Morgan fingerprint density at radius 1 is 1.20 bits per heavy atom. The third-order valence-corrected chi connectivity index (χ3v) is 3.06. The first-order chi connectivity index (χ1) is 4.21. The van der Waals surface area contributed by atoms with Crippen molar-refractivity contribution in [2.75, 3.05) is 0 Å². The number of hydrogen-bond acceptors (Lipinski definition) is 1. The highest BCUT2D eigenvalue weighted by Gasteiger charge is 2.67. The molecule has 0 aliphatic carbocycles. The highest BCUT2D eigenvalue weighted by Crippen LogP contribution is 2.56. The van der Waals surface area contributed by atoms with Crippen LogP contribution in [-0.2, 0) is 4.74 Å². The lowest BCUT2D eigenvalue weighted by atomic mass is 9.87. The third-order valence-electron chi connectivity index (χ3n) is 2.70. The Hall–Kier alpha value is 0.250. The molecule has 1 atom stereocenters. The van der Waals surface area contributed by atoms with Gasteiger partial charge >= 0.3 is 0 Å². The molecule has 1 fully saturated rings. The minimum absolute atomic E-state index is 0.0434. The zero-order chi connectivity index (χ0) is 8.21. The molecule has 0 amide bonds. The van der Waals surface area contributed by atoms with Gasteiger partial charge in [-0.15, -0.1) is 11.6 Å². The minimum atomic E-state index is -0.267. The number of epoxide rings is 1. The molecule has 1 heterocycles. The highest BCUT2D eigenvalue weighted by atomic mass is 35.5. The standard InChI is InChI=1S/C8H15ClO/c1-6(2,9)8(5)7(3,4)10-8/h1-5H3/t8-/m0/s1. The average Bonchev–Trinajstić information content (AvgIpc) is 2.05. The lowest BCUT2D eigenvalue weighted by Gasteiger charge is -2.23. The number of rotatable bonds is 1. The number of ether oxygens (including phenoxy) is 1. The van der Waals surface area contributed by atoms with E-state index in [-0.39, 0.29) is 16.1 Å². The summed E-state index contributed by atoms with van der Waals surface area (Å²) in [6.07, 6.45) is 0. The van der Waals surface area contributed by atoms with Crippen molar-refractivity contribution in [1.29, 1.82) is 0 Å². The number of alkyl halides is 1. The summed E-state index contributed by atoms with van der Waals surface area (Å²) in [4.78, 5) is -0.267. The van der Waals surface area contributed by atoms with Crippen LogP contribution in [0.1, 0.15) is 34.6 Å². The van der Waals surface area contributed by atoms with E-state index in [1.165, 1.54) is 0 Å². The van der Waals surface area contributed by atoms with Crippen molar-refractivity contribution in [1.82, 2.24) is 0 Å². The molecule has 0 N–H and O–H groups in total. The summed E-state index contributed by atoms with van der Waals surface area (Å²) in [7, 11) is 0. The first kappa shape index (κ1) is 8.35. The van der Waals surface area contributed by atoms with Gasteiger partial charge in [-0.2, -0.15) is 0 Å². The van der Waals surface area contributed by atoms with Crippen LogP contribution in [0.25, 0.3) is 0 Å². The van der Waals surface area contributed by atoms with Crippen molar-refractivity contribution >= 4 is 11.6 Å². The molecule has 1 aliphatic heterocycles. The van der Waals surface area contributed by atoms with Crippen LogP contribution in [0.4, 0.5) is 0 Å². The Morgan fingerprint density at radius 2 is 1.50 bits per heavy atom. The van der Waals surface area contributed by atoms with Crippen molar-refractivity contribution < 1.29 is 4.74 Å². The predicted molar refractivity (Wildman–Crippen MR) is 43.5 cm³/mol. The average molecular weight is 163 g/mol. The Morgan fingerprint density at radius 3 is 1.50 bits per heavy atom. The molecule has 0 unspecified atom stereocenters. The molecule has 1 saturated heterocycles. The second kappa shape index (κ2) is 1.70. The Kier molecular flexibility index (Phi) is 1.42. The molecule has 1 nitrogen and oxygen atoms in total. The second-order valence-electron chi connectivity index (χ2n) is 4.12. The van der Waals surface area contributed by atoms with Crippen LogP contribution in [0.2, 0.25) is 0 Å². The van der Waals surface area contributed by atoms with Crippen LogP contribution in [0, 0.1) is 0 Å². The highest BCUT2D eigenvalue weighted by molar-refractivity contribution is 6.24. The van der Waals surface area contributed by atoms with E-state index in [1.54, 1.807) is 0 Å². The molecule has 0 radical (unpaired) electrons. The van der Waals surface area contributed by atoms with Crippen LogP contribution < -0.4 is 0 Å². The van der Waals surface area contributed by atoms with Gasteiger partial charge in [0.05, 0.1) is 10.5 Å². The fourth-order valence-corrected chi connectivity index (χ4v) is 1.59. The van der Waals surface area contributed by atoms with E-state index in [0.717, 1.165) is 0 Å². The van der Waals surface area contributed by atoms with Gasteiger partial charge in [0, 0.05) is 0 Å². The summed E-state index contributed by atoms with van der Waals surface area (Å²) >= 11 is 6.13. The van der Waals surface area contributed by atoms with Gasteiger partial charge in [0.25, 0.3) is 0 Å². The fraction of sp³-hybridized carbons (Fsp3) is 1.00. The van der Waals surface area contributed by atoms with E-state index in [1.807, 2.05) is 13.8 Å². The van der Waals surface area contributed by atoms with Gasteiger partial charge in [0.1, 0.15) is 5.60 Å². The SMILES string of the molecule is CC(C)(Cl)[C@]1(C)OC1(C)C. The summed E-state index contributed by atoms with van der Waals surface area (Å²) in [6, 6.07) is 0. The zero-order valence-electron chi connectivity index (χ0n) is 7.29. The quantitative estimate of drug-likeness (QED) is 0.427. The normalized spacial score (nSPS) is 37.8. The molecule has 1 aliphatic rings. The molecule has 0 bridgehead atoms. The van der Waals surface area contributed by atoms with E-state index < -0.39 is 0 Å². The molecular weight excluding hydrogens is 148 g/mol. The second-order valence-corrected chi connectivity index (χ2v) is 5.06. The predicted octanol–water partition coefficient (Wildman–Crippen LogP) is 2.57. The molecule has 0 saturated carbocycles. The summed E-state index contributed by atoms with van der Waals surface area (Å²) in [6.45, 7) is 10.2. The van der Waals surface area contributed by atoms with Crippen LogP contribution >= 0.6 is 11.6 Å². The lowest BCUT2D eigenvalue weighted by molar-refractivity contribution is 0.257. The topological polar surface area (TPSA) is 12.5 Å².